The van der Waals surface area contributed by atoms with E-state index in [0.29, 0.717) is 18.7 Å². The number of nitrogens with zero attached hydrogens (tertiary/aromatic N) is 1. The second-order valence-electron chi connectivity index (χ2n) is 5.41. The van der Waals surface area contributed by atoms with Gasteiger partial charge in [-0.25, -0.2) is 0 Å². The SMILES string of the molecule is COC1CCN(C(CN)c2csc3ccccc23)CC1. The lowest BCUT2D eigenvalue weighted by Crippen LogP contribution is -2.41. The molecule has 0 radical (unpaired) electrons. The predicted octanol–water partition coefficient (Wildman–Crippen LogP) is 3.01. The Morgan fingerprint density at radius 3 is 2.80 bits per heavy atom. The lowest BCUT2D eigenvalue weighted by Gasteiger charge is -2.36. The van der Waals surface area contributed by atoms with Crippen LogP contribution in [0.1, 0.15) is 24.4 Å². The summed E-state index contributed by atoms with van der Waals surface area (Å²) in [5, 5.41) is 3.65. The van der Waals surface area contributed by atoms with Crippen molar-refractivity contribution in [2.24, 2.45) is 5.73 Å². The van der Waals surface area contributed by atoms with Crippen molar-refractivity contribution in [3.05, 3.63) is 35.2 Å². The fourth-order valence-electron chi connectivity index (χ4n) is 3.15. The average Bonchev–Trinajstić information content (AvgIpc) is 2.93. The molecule has 0 saturated carbocycles. The topological polar surface area (TPSA) is 38.5 Å². The number of likely N-dealkylation sites (tertiary alicyclic amines) is 1. The van der Waals surface area contributed by atoms with Crippen LogP contribution < -0.4 is 5.73 Å². The number of fused-ring (bicyclic) bond motifs is 1. The summed E-state index contributed by atoms with van der Waals surface area (Å²) in [4.78, 5) is 2.52. The van der Waals surface area contributed by atoms with Gasteiger partial charge in [0.15, 0.2) is 0 Å². The lowest BCUT2D eigenvalue weighted by molar-refractivity contribution is 0.0283. The van der Waals surface area contributed by atoms with Crippen molar-refractivity contribution in [1.29, 1.82) is 0 Å². The van der Waals surface area contributed by atoms with Crippen LogP contribution in [0.4, 0.5) is 0 Å². The Morgan fingerprint density at radius 2 is 2.10 bits per heavy atom. The lowest BCUT2D eigenvalue weighted by atomic mass is 10.00. The molecule has 0 aliphatic carbocycles. The second kappa shape index (κ2) is 6.22. The molecular weight excluding hydrogens is 268 g/mol. The number of rotatable bonds is 4. The zero-order chi connectivity index (χ0) is 13.9. The van der Waals surface area contributed by atoms with Crippen LogP contribution in [-0.2, 0) is 4.74 Å². The van der Waals surface area contributed by atoms with E-state index in [0.717, 1.165) is 25.9 Å². The summed E-state index contributed by atoms with van der Waals surface area (Å²) < 4.78 is 6.81. The molecule has 1 unspecified atom stereocenters. The Bertz CT molecular complexity index is 560. The third kappa shape index (κ3) is 2.61. The molecule has 20 heavy (non-hydrogen) atoms. The molecular formula is C16H22N2OS. The molecule has 2 N–H and O–H groups in total. The van der Waals surface area contributed by atoms with Gasteiger partial charge in [-0.15, -0.1) is 11.3 Å². The standard InChI is InChI=1S/C16H22N2OS/c1-19-12-6-8-18(9-7-12)15(10-17)14-11-20-16-5-3-2-4-13(14)16/h2-5,11-12,15H,6-10,17H2,1H3. The summed E-state index contributed by atoms with van der Waals surface area (Å²) in [6, 6.07) is 8.96. The van der Waals surface area contributed by atoms with Gasteiger partial charge in [-0.2, -0.15) is 0 Å². The normalized spacial score (nSPS) is 19.5. The number of ether oxygens (including phenoxy) is 1. The summed E-state index contributed by atoms with van der Waals surface area (Å²) in [7, 11) is 1.81. The molecule has 0 amide bonds. The van der Waals surface area contributed by atoms with Crippen molar-refractivity contribution in [3.63, 3.8) is 0 Å². The highest BCUT2D eigenvalue weighted by atomic mass is 32.1. The van der Waals surface area contributed by atoms with Gasteiger partial charge in [0.25, 0.3) is 0 Å². The molecule has 4 heteroatoms. The zero-order valence-electron chi connectivity index (χ0n) is 11.9. The molecule has 1 saturated heterocycles. The van der Waals surface area contributed by atoms with Gasteiger partial charge >= 0.3 is 0 Å². The van der Waals surface area contributed by atoms with Crippen LogP contribution >= 0.6 is 11.3 Å². The van der Waals surface area contributed by atoms with E-state index in [-0.39, 0.29) is 0 Å². The highest BCUT2D eigenvalue weighted by Gasteiger charge is 2.26. The van der Waals surface area contributed by atoms with Crippen molar-refractivity contribution in [2.75, 3.05) is 26.7 Å². The maximum atomic E-state index is 6.08. The van der Waals surface area contributed by atoms with Crippen molar-refractivity contribution in [3.8, 4) is 0 Å². The van der Waals surface area contributed by atoms with Crippen molar-refractivity contribution in [2.45, 2.75) is 25.0 Å². The minimum Gasteiger partial charge on any atom is -0.381 e. The van der Waals surface area contributed by atoms with E-state index >= 15 is 0 Å². The summed E-state index contributed by atoms with van der Waals surface area (Å²) in [6.45, 7) is 2.83. The van der Waals surface area contributed by atoms with Gasteiger partial charge in [0.05, 0.1) is 6.10 Å². The van der Waals surface area contributed by atoms with Gasteiger partial charge in [0.2, 0.25) is 0 Å². The summed E-state index contributed by atoms with van der Waals surface area (Å²) in [6.07, 6.45) is 2.63. The van der Waals surface area contributed by atoms with E-state index in [1.807, 2.05) is 18.4 Å². The molecule has 3 nitrogen and oxygen atoms in total. The molecule has 1 aromatic heterocycles. The van der Waals surface area contributed by atoms with Gasteiger partial charge in [0, 0.05) is 37.5 Å². The number of piperidine rings is 1. The van der Waals surface area contributed by atoms with Crippen LogP contribution in [0.25, 0.3) is 10.1 Å². The van der Waals surface area contributed by atoms with Gasteiger partial charge in [-0.1, -0.05) is 18.2 Å². The molecule has 2 heterocycles. The molecule has 108 valence electrons. The van der Waals surface area contributed by atoms with Gasteiger partial charge in [-0.3, -0.25) is 4.90 Å². The summed E-state index contributed by atoms with van der Waals surface area (Å²) >= 11 is 1.82. The summed E-state index contributed by atoms with van der Waals surface area (Å²) in [5.41, 5.74) is 7.48. The maximum Gasteiger partial charge on any atom is 0.0595 e. The van der Waals surface area contributed by atoms with E-state index in [9.17, 15) is 0 Å². The van der Waals surface area contributed by atoms with Crippen LogP contribution in [-0.4, -0.2) is 37.7 Å². The molecule has 1 atom stereocenters. The number of nitrogens with two attached hydrogens (primary N) is 1. The van der Waals surface area contributed by atoms with Gasteiger partial charge < -0.3 is 10.5 Å². The molecule has 0 bridgehead atoms. The van der Waals surface area contributed by atoms with E-state index in [4.69, 9.17) is 10.5 Å². The van der Waals surface area contributed by atoms with Crippen molar-refractivity contribution in [1.82, 2.24) is 4.90 Å². The van der Waals surface area contributed by atoms with Crippen LogP contribution in [0.3, 0.4) is 0 Å². The minimum absolute atomic E-state index is 0.337. The highest BCUT2D eigenvalue weighted by Crippen LogP contribution is 2.34. The molecule has 0 spiro atoms. The molecule has 3 rings (SSSR count). The van der Waals surface area contributed by atoms with E-state index in [1.165, 1.54) is 15.6 Å². The first-order valence-corrected chi connectivity index (χ1v) is 8.14. The molecule has 1 aliphatic rings. The maximum absolute atomic E-state index is 6.08. The zero-order valence-corrected chi connectivity index (χ0v) is 12.7. The highest BCUT2D eigenvalue weighted by molar-refractivity contribution is 7.17. The number of hydrogen-bond donors (Lipinski definition) is 1. The smallest absolute Gasteiger partial charge is 0.0595 e. The average molecular weight is 290 g/mol. The van der Waals surface area contributed by atoms with E-state index < -0.39 is 0 Å². The van der Waals surface area contributed by atoms with Crippen LogP contribution in [0.5, 0.6) is 0 Å². The van der Waals surface area contributed by atoms with E-state index in [1.54, 1.807) is 0 Å². The van der Waals surface area contributed by atoms with Gasteiger partial charge in [0.1, 0.15) is 0 Å². The Labute approximate surface area is 124 Å². The van der Waals surface area contributed by atoms with Crippen molar-refractivity contribution >= 4 is 21.4 Å². The fraction of sp³-hybridized carbons (Fsp3) is 0.500. The first-order chi connectivity index (χ1) is 9.83. The Balaban J connectivity index is 1.83. The molecule has 1 aromatic carbocycles. The number of methoxy groups -OCH3 is 1. The predicted molar refractivity (Wildman–Crippen MR) is 85.2 cm³/mol. The van der Waals surface area contributed by atoms with Gasteiger partial charge in [-0.05, 0) is 35.2 Å². The molecule has 1 aliphatic heterocycles. The Hall–Kier alpha value is -0.940. The minimum atomic E-state index is 0.337. The quantitative estimate of drug-likeness (QED) is 0.940. The number of thiophene rings is 1. The monoisotopic (exact) mass is 290 g/mol. The fourth-order valence-corrected chi connectivity index (χ4v) is 4.16. The van der Waals surface area contributed by atoms with Crippen LogP contribution in [0, 0.1) is 0 Å². The van der Waals surface area contributed by atoms with Crippen molar-refractivity contribution < 1.29 is 4.74 Å². The Kier molecular flexibility index (Phi) is 4.36. The third-order valence-corrected chi connectivity index (χ3v) is 5.33. The third-order valence-electron chi connectivity index (χ3n) is 4.34. The number of hydrogen-bond acceptors (Lipinski definition) is 4. The molecule has 1 fully saturated rings. The second-order valence-corrected chi connectivity index (χ2v) is 6.32. The van der Waals surface area contributed by atoms with Crippen LogP contribution in [0.2, 0.25) is 0 Å². The summed E-state index contributed by atoms with van der Waals surface area (Å²) in [5.74, 6) is 0. The Morgan fingerprint density at radius 1 is 1.35 bits per heavy atom. The molecule has 2 aromatic rings. The first-order valence-electron chi connectivity index (χ1n) is 7.26. The van der Waals surface area contributed by atoms with Crippen LogP contribution in [0.15, 0.2) is 29.6 Å². The number of benzene rings is 1. The van der Waals surface area contributed by atoms with E-state index in [2.05, 4.69) is 34.5 Å². The largest absolute Gasteiger partial charge is 0.381 e. The first kappa shape index (κ1) is 14.0.